The lowest BCUT2D eigenvalue weighted by Gasteiger charge is -2.35. The zero-order chi connectivity index (χ0) is 17.8. The molecule has 1 atom stereocenters. The third-order valence-electron chi connectivity index (χ3n) is 5.38. The quantitative estimate of drug-likeness (QED) is 0.797. The maximum absolute atomic E-state index is 12.2. The van der Waals surface area contributed by atoms with E-state index in [0.29, 0.717) is 24.4 Å². The van der Waals surface area contributed by atoms with E-state index in [1.165, 1.54) is 25.6 Å². The highest BCUT2D eigenvalue weighted by Gasteiger charge is 2.24. The number of nitrogens with zero attached hydrogens (tertiary/aromatic N) is 6. The largest absolute Gasteiger partial charge is 0.377 e. The fraction of sp³-hybridized carbons (Fsp3) is 0.667. The van der Waals surface area contributed by atoms with Gasteiger partial charge in [-0.25, -0.2) is 14.3 Å². The molecule has 2 aliphatic rings. The lowest BCUT2D eigenvalue weighted by molar-refractivity contribution is -0.0118. The van der Waals surface area contributed by atoms with E-state index < -0.39 is 0 Å². The Morgan fingerprint density at radius 1 is 1.12 bits per heavy atom. The minimum Gasteiger partial charge on any atom is -0.377 e. The van der Waals surface area contributed by atoms with Crippen molar-refractivity contribution in [2.45, 2.75) is 44.8 Å². The van der Waals surface area contributed by atoms with Crippen LogP contribution < -0.4 is 5.56 Å². The fourth-order valence-electron chi connectivity index (χ4n) is 3.85. The SMILES string of the molecule is O=c1ccc(-n2cncn2)nn1CC1CCN(CC2CCCCO2)CC1. The normalized spacial score (nSPS) is 22.5. The standard InChI is InChI=1S/C18H26N6O2/c25-18-5-4-17(24-14-19-13-20-24)21-23(18)11-15-6-8-22(9-7-15)12-16-3-1-2-10-26-16/h4-5,13-16H,1-3,6-12H2. The van der Waals surface area contributed by atoms with Crippen LogP contribution in [-0.4, -0.2) is 61.8 Å². The van der Waals surface area contributed by atoms with Crippen LogP contribution in [-0.2, 0) is 11.3 Å². The van der Waals surface area contributed by atoms with Gasteiger partial charge in [0.1, 0.15) is 12.7 Å². The van der Waals surface area contributed by atoms with Crippen LogP contribution in [0.3, 0.4) is 0 Å². The molecule has 0 N–H and O–H groups in total. The van der Waals surface area contributed by atoms with E-state index in [1.807, 2.05) is 0 Å². The van der Waals surface area contributed by atoms with Crippen molar-refractivity contribution in [2.75, 3.05) is 26.2 Å². The molecule has 2 saturated heterocycles. The van der Waals surface area contributed by atoms with Crippen LogP contribution in [0.4, 0.5) is 0 Å². The molecule has 8 heteroatoms. The molecular weight excluding hydrogens is 332 g/mol. The Bertz CT molecular complexity index is 745. The van der Waals surface area contributed by atoms with Gasteiger partial charge in [0.05, 0.1) is 6.10 Å². The lowest BCUT2D eigenvalue weighted by Crippen LogP contribution is -2.42. The predicted molar refractivity (Wildman–Crippen MR) is 96.2 cm³/mol. The van der Waals surface area contributed by atoms with E-state index in [-0.39, 0.29) is 5.56 Å². The van der Waals surface area contributed by atoms with Crippen molar-refractivity contribution in [2.24, 2.45) is 5.92 Å². The van der Waals surface area contributed by atoms with Crippen LogP contribution in [0.15, 0.2) is 29.6 Å². The monoisotopic (exact) mass is 358 g/mol. The highest BCUT2D eigenvalue weighted by atomic mass is 16.5. The molecule has 1 unspecified atom stereocenters. The second-order valence-corrected chi connectivity index (χ2v) is 7.28. The molecular formula is C18H26N6O2. The van der Waals surface area contributed by atoms with Crippen molar-refractivity contribution in [3.8, 4) is 5.82 Å². The Morgan fingerprint density at radius 3 is 2.73 bits per heavy atom. The van der Waals surface area contributed by atoms with Crippen LogP contribution in [0.5, 0.6) is 0 Å². The average molecular weight is 358 g/mol. The molecule has 2 fully saturated rings. The van der Waals surface area contributed by atoms with E-state index in [1.54, 1.807) is 27.8 Å². The summed E-state index contributed by atoms with van der Waals surface area (Å²) in [6, 6.07) is 3.24. The van der Waals surface area contributed by atoms with Gasteiger partial charge in [-0.1, -0.05) is 0 Å². The second kappa shape index (κ2) is 8.09. The third kappa shape index (κ3) is 4.19. The number of rotatable bonds is 5. The summed E-state index contributed by atoms with van der Waals surface area (Å²) in [5.74, 6) is 1.10. The molecule has 2 aliphatic heterocycles. The molecule has 0 spiro atoms. The highest BCUT2D eigenvalue weighted by Crippen LogP contribution is 2.21. The first-order chi connectivity index (χ1) is 12.8. The van der Waals surface area contributed by atoms with Gasteiger partial charge in [-0.3, -0.25) is 4.79 Å². The summed E-state index contributed by atoms with van der Waals surface area (Å²) in [4.78, 5) is 18.6. The molecule has 140 valence electrons. The smallest absolute Gasteiger partial charge is 0.266 e. The summed E-state index contributed by atoms with van der Waals surface area (Å²) in [6.45, 7) is 4.77. The minimum absolute atomic E-state index is 0.0631. The first kappa shape index (κ1) is 17.4. The predicted octanol–water partition coefficient (Wildman–Crippen LogP) is 1.11. The highest BCUT2D eigenvalue weighted by molar-refractivity contribution is 5.16. The lowest BCUT2D eigenvalue weighted by atomic mass is 9.96. The van der Waals surface area contributed by atoms with Crippen molar-refractivity contribution < 1.29 is 4.74 Å². The Labute approximate surface area is 152 Å². The first-order valence-corrected chi connectivity index (χ1v) is 9.55. The molecule has 4 heterocycles. The minimum atomic E-state index is -0.0631. The van der Waals surface area contributed by atoms with Crippen molar-refractivity contribution in [1.82, 2.24) is 29.4 Å². The van der Waals surface area contributed by atoms with Crippen molar-refractivity contribution in [1.29, 1.82) is 0 Å². The fourth-order valence-corrected chi connectivity index (χ4v) is 3.85. The van der Waals surface area contributed by atoms with E-state index >= 15 is 0 Å². The van der Waals surface area contributed by atoms with Crippen LogP contribution in [0, 0.1) is 5.92 Å². The Morgan fingerprint density at radius 2 is 2.00 bits per heavy atom. The summed E-state index contributed by atoms with van der Waals surface area (Å²) in [7, 11) is 0. The Hall–Kier alpha value is -2.06. The number of hydrogen-bond donors (Lipinski definition) is 0. The van der Waals surface area contributed by atoms with Gasteiger partial charge in [-0.05, 0) is 57.2 Å². The molecule has 0 aliphatic carbocycles. The number of aromatic nitrogens is 5. The molecule has 8 nitrogen and oxygen atoms in total. The van der Waals surface area contributed by atoms with Crippen molar-refractivity contribution in [3.63, 3.8) is 0 Å². The van der Waals surface area contributed by atoms with Gasteiger partial charge >= 0.3 is 0 Å². The Balaban J connectivity index is 1.33. The van der Waals surface area contributed by atoms with E-state index in [0.717, 1.165) is 39.1 Å². The van der Waals surface area contributed by atoms with E-state index in [2.05, 4.69) is 20.1 Å². The molecule has 2 aromatic heterocycles. The van der Waals surface area contributed by atoms with Crippen LogP contribution in [0.2, 0.25) is 0 Å². The summed E-state index contributed by atoms with van der Waals surface area (Å²) >= 11 is 0. The zero-order valence-electron chi connectivity index (χ0n) is 15.0. The van der Waals surface area contributed by atoms with Gasteiger partial charge in [0.15, 0.2) is 5.82 Å². The number of piperidine rings is 1. The van der Waals surface area contributed by atoms with Gasteiger partial charge in [-0.15, -0.1) is 5.10 Å². The maximum atomic E-state index is 12.2. The summed E-state index contributed by atoms with van der Waals surface area (Å²) in [6.07, 6.45) is 9.32. The van der Waals surface area contributed by atoms with Gasteiger partial charge in [0.25, 0.3) is 5.56 Å². The van der Waals surface area contributed by atoms with Crippen molar-refractivity contribution >= 4 is 0 Å². The molecule has 0 aromatic carbocycles. The molecule has 0 saturated carbocycles. The molecule has 4 rings (SSSR count). The van der Waals surface area contributed by atoms with Gasteiger partial charge in [-0.2, -0.15) is 5.10 Å². The van der Waals surface area contributed by atoms with Crippen molar-refractivity contribution in [3.05, 3.63) is 35.1 Å². The average Bonchev–Trinajstić information content (AvgIpc) is 3.21. The summed E-state index contributed by atoms with van der Waals surface area (Å²) in [5.41, 5.74) is -0.0631. The molecule has 26 heavy (non-hydrogen) atoms. The zero-order valence-corrected chi connectivity index (χ0v) is 15.0. The Kier molecular flexibility index (Phi) is 5.40. The second-order valence-electron chi connectivity index (χ2n) is 7.28. The molecule has 2 aromatic rings. The van der Waals surface area contributed by atoms with Gasteiger partial charge in [0.2, 0.25) is 0 Å². The third-order valence-corrected chi connectivity index (χ3v) is 5.38. The first-order valence-electron chi connectivity index (χ1n) is 9.55. The number of hydrogen-bond acceptors (Lipinski definition) is 6. The molecule has 0 amide bonds. The van der Waals surface area contributed by atoms with Gasteiger partial charge < -0.3 is 9.64 Å². The molecule has 0 bridgehead atoms. The molecule has 0 radical (unpaired) electrons. The van der Waals surface area contributed by atoms with E-state index in [4.69, 9.17) is 4.74 Å². The number of ether oxygens (including phenoxy) is 1. The topological polar surface area (TPSA) is 78.1 Å². The van der Waals surface area contributed by atoms with E-state index in [9.17, 15) is 4.79 Å². The maximum Gasteiger partial charge on any atom is 0.266 e. The van der Waals surface area contributed by atoms with Crippen LogP contribution in [0.25, 0.3) is 5.82 Å². The van der Waals surface area contributed by atoms with Crippen LogP contribution >= 0.6 is 0 Å². The number of likely N-dealkylation sites (tertiary alicyclic amines) is 1. The summed E-state index contributed by atoms with van der Waals surface area (Å²) in [5, 5.41) is 8.53. The summed E-state index contributed by atoms with van der Waals surface area (Å²) < 4.78 is 9.00. The van der Waals surface area contributed by atoms with Gasteiger partial charge in [0, 0.05) is 25.8 Å². The van der Waals surface area contributed by atoms with Crippen LogP contribution in [0.1, 0.15) is 32.1 Å².